The minimum Gasteiger partial charge on any atom is -0.445 e. The van der Waals surface area contributed by atoms with Gasteiger partial charge in [-0.2, -0.15) is 0 Å². The van der Waals surface area contributed by atoms with E-state index in [1.165, 1.54) is 0 Å². The fourth-order valence-electron chi connectivity index (χ4n) is 4.92. The second kappa shape index (κ2) is 5.58. The van der Waals surface area contributed by atoms with Gasteiger partial charge in [0.2, 0.25) is 0 Å². The second-order valence-corrected chi connectivity index (χ2v) is 7.12. The lowest BCUT2D eigenvalue weighted by molar-refractivity contribution is 0.0462. The number of aliphatic hydroxyl groups excluding tert-OH is 1. The second-order valence-electron chi connectivity index (χ2n) is 7.12. The van der Waals surface area contributed by atoms with Crippen LogP contribution in [0.2, 0.25) is 0 Å². The van der Waals surface area contributed by atoms with E-state index in [1.54, 1.807) is 0 Å². The lowest BCUT2D eigenvalue weighted by Crippen LogP contribution is -2.42. The summed E-state index contributed by atoms with van der Waals surface area (Å²) in [6, 6.07) is 9.82. The van der Waals surface area contributed by atoms with Crippen molar-refractivity contribution in [3.8, 4) is 0 Å². The maximum absolute atomic E-state index is 12.2. The number of carbonyl (C=O) groups is 1. The first-order valence-corrected chi connectivity index (χ1v) is 8.32. The van der Waals surface area contributed by atoms with Crippen molar-refractivity contribution in [2.24, 2.45) is 29.6 Å². The van der Waals surface area contributed by atoms with Crippen LogP contribution in [-0.4, -0.2) is 35.8 Å². The van der Waals surface area contributed by atoms with Crippen molar-refractivity contribution in [3.05, 3.63) is 35.9 Å². The highest BCUT2D eigenvalue weighted by molar-refractivity contribution is 5.68. The Balaban J connectivity index is 1.30. The molecular weight excluding hydrogens is 278 g/mol. The van der Waals surface area contributed by atoms with E-state index in [0.29, 0.717) is 31.0 Å². The van der Waals surface area contributed by atoms with E-state index in [-0.39, 0.29) is 6.09 Å². The van der Waals surface area contributed by atoms with Gasteiger partial charge in [-0.05, 0) is 48.0 Å². The molecule has 0 bridgehead atoms. The molecule has 1 unspecified atom stereocenters. The Kier molecular flexibility index (Phi) is 3.57. The number of likely N-dealkylation sites (tertiary alicyclic amines) is 1. The summed E-state index contributed by atoms with van der Waals surface area (Å²) in [5, 5.41) is 9.33. The molecule has 1 amide bonds. The molecule has 1 heterocycles. The summed E-state index contributed by atoms with van der Waals surface area (Å²) in [5.74, 6) is 3.25. The van der Waals surface area contributed by atoms with E-state index in [0.717, 1.165) is 43.3 Å². The van der Waals surface area contributed by atoms with Crippen LogP contribution in [0, 0.1) is 29.6 Å². The van der Waals surface area contributed by atoms with Crippen molar-refractivity contribution in [3.63, 3.8) is 0 Å². The van der Waals surface area contributed by atoms with Crippen LogP contribution in [-0.2, 0) is 11.3 Å². The number of aliphatic hydroxyl groups is 1. The Hall–Kier alpha value is -1.55. The zero-order valence-corrected chi connectivity index (χ0v) is 12.7. The third-order valence-corrected chi connectivity index (χ3v) is 5.99. The standard InChI is InChI=1S/C18H23NO3/c20-10-13-6-14-15(7-13)17-9-19(8-16(14)17)18(21)22-11-12-4-2-1-3-5-12/h1-5,13-17,20H,6-11H2/t13?,14-,15+,16+,17-. The Morgan fingerprint density at radius 2 is 1.73 bits per heavy atom. The fourth-order valence-corrected chi connectivity index (χ4v) is 4.92. The lowest BCUT2D eigenvalue weighted by Gasteiger charge is -2.44. The van der Waals surface area contributed by atoms with Crippen LogP contribution < -0.4 is 0 Å². The summed E-state index contributed by atoms with van der Waals surface area (Å²) < 4.78 is 5.45. The first-order chi connectivity index (χ1) is 10.8. The first-order valence-electron chi connectivity index (χ1n) is 8.32. The predicted octanol–water partition coefficient (Wildman–Crippen LogP) is 2.52. The number of benzene rings is 1. The number of ether oxygens (including phenoxy) is 1. The highest BCUT2D eigenvalue weighted by Crippen LogP contribution is 2.59. The molecule has 118 valence electrons. The molecule has 4 nitrogen and oxygen atoms in total. The van der Waals surface area contributed by atoms with Gasteiger partial charge in [-0.1, -0.05) is 30.3 Å². The highest BCUT2D eigenvalue weighted by atomic mass is 16.6. The molecule has 1 aliphatic heterocycles. The van der Waals surface area contributed by atoms with Crippen molar-refractivity contribution in [1.82, 2.24) is 4.90 Å². The van der Waals surface area contributed by atoms with Crippen molar-refractivity contribution < 1.29 is 14.6 Å². The molecule has 4 rings (SSSR count). The van der Waals surface area contributed by atoms with E-state index in [2.05, 4.69) is 0 Å². The largest absolute Gasteiger partial charge is 0.445 e. The highest BCUT2D eigenvalue weighted by Gasteiger charge is 2.58. The molecule has 1 aromatic rings. The van der Waals surface area contributed by atoms with Gasteiger partial charge in [-0.3, -0.25) is 0 Å². The van der Waals surface area contributed by atoms with Gasteiger partial charge in [-0.25, -0.2) is 4.79 Å². The van der Waals surface area contributed by atoms with Gasteiger partial charge in [0.05, 0.1) is 0 Å². The maximum atomic E-state index is 12.2. The molecule has 1 saturated heterocycles. The van der Waals surface area contributed by atoms with Gasteiger partial charge >= 0.3 is 6.09 Å². The molecule has 22 heavy (non-hydrogen) atoms. The van der Waals surface area contributed by atoms with Crippen molar-refractivity contribution in [2.45, 2.75) is 19.4 Å². The predicted molar refractivity (Wildman–Crippen MR) is 82.0 cm³/mol. The molecule has 0 spiro atoms. The number of rotatable bonds is 3. The van der Waals surface area contributed by atoms with Crippen LogP contribution in [0.25, 0.3) is 0 Å². The minimum absolute atomic E-state index is 0.171. The summed E-state index contributed by atoms with van der Waals surface area (Å²) in [5.41, 5.74) is 1.03. The van der Waals surface area contributed by atoms with Crippen LogP contribution in [0.5, 0.6) is 0 Å². The van der Waals surface area contributed by atoms with Gasteiger partial charge in [0.25, 0.3) is 0 Å². The Morgan fingerprint density at radius 3 is 2.32 bits per heavy atom. The van der Waals surface area contributed by atoms with Gasteiger partial charge < -0.3 is 14.7 Å². The van der Waals surface area contributed by atoms with Crippen LogP contribution in [0.15, 0.2) is 30.3 Å². The van der Waals surface area contributed by atoms with Crippen LogP contribution in [0.4, 0.5) is 4.79 Å². The molecule has 2 aliphatic carbocycles. The van der Waals surface area contributed by atoms with Gasteiger partial charge in [0.15, 0.2) is 0 Å². The smallest absolute Gasteiger partial charge is 0.410 e. The molecule has 1 aromatic carbocycles. The Labute approximate surface area is 131 Å². The number of carbonyl (C=O) groups excluding carboxylic acids is 1. The lowest BCUT2D eigenvalue weighted by atomic mass is 9.60. The zero-order chi connectivity index (χ0) is 15.1. The van der Waals surface area contributed by atoms with E-state index >= 15 is 0 Å². The van der Waals surface area contributed by atoms with E-state index in [1.807, 2.05) is 35.2 Å². The van der Waals surface area contributed by atoms with Gasteiger partial charge in [0, 0.05) is 19.7 Å². The monoisotopic (exact) mass is 301 g/mol. The SMILES string of the molecule is O=C(OCc1ccccc1)N1C[C@@H]2[C@H]3CC(CO)C[C@H]3[C@@H]2C1. The molecule has 5 atom stereocenters. The number of nitrogens with zero attached hydrogens (tertiary/aromatic N) is 1. The minimum atomic E-state index is -0.171. The molecule has 3 aliphatic rings. The van der Waals surface area contributed by atoms with Gasteiger partial charge in [-0.15, -0.1) is 0 Å². The third kappa shape index (κ3) is 2.30. The molecule has 2 saturated carbocycles. The fraction of sp³-hybridized carbons (Fsp3) is 0.611. The molecule has 4 heteroatoms. The third-order valence-electron chi connectivity index (χ3n) is 5.99. The molecular formula is C18H23NO3. The zero-order valence-electron chi connectivity index (χ0n) is 12.7. The van der Waals surface area contributed by atoms with Crippen molar-refractivity contribution >= 4 is 6.09 Å². The van der Waals surface area contributed by atoms with E-state index < -0.39 is 0 Å². The van der Waals surface area contributed by atoms with Gasteiger partial charge in [0.1, 0.15) is 6.61 Å². The summed E-state index contributed by atoms with van der Waals surface area (Å²) >= 11 is 0. The molecule has 0 radical (unpaired) electrons. The summed E-state index contributed by atoms with van der Waals surface area (Å²) in [6.45, 7) is 2.37. The van der Waals surface area contributed by atoms with Crippen LogP contribution in [0.1, 0.15) is 18.4 Å². The summed E-state index contributed by atoms with van der Waals surface area (Å²) in [6.07, 6.45) is 2.12. The van der Waals surface area contributed by atoms with Crippen LogP contribution in [0.3, 0.4) is 0 Å². The van der Waals surface area contributed by atoms with Crippen molar-refractivity contribution in [1.29, 1.82) is 0 Å². The molecule has 1 N–H and O–H groups in total. The number of hydrogen-bond donors (Lipinski definition) is 1. The number of amides is 1. The normalized spacial score (nSPS) is 35.7. The van der Waals surface area contributed by atoms with Crippen LogP contribution >= 0.6 is 0 Å². The van der Waals surface area contributed by atoms with Crippen molar-refractivity contribution in [2.75, 3.05) is 19.7 Å². The summed E-state index contributed by atoms with van der Waals surface area (Å²) in [7, 11) is 0. The first kappa shape index (κ1) is 14.1. The van der Waals surface area contributed by atoms with E-state index in [4.69, 9.17) is 4.74 Å². The summed E-state index contributed by atoms with van der Waals surface area (Å²) in [4.78, 5) is 14.1. The topological polar surface area (TPSA) is 49.8 Å². The average molecular weight is 301 g/mol. The maximum Gasteiger partial charge on any atom is 0.410 e. The quantitative estimate of drug-likeness (QED) is 0.933. The Bertz CT molecular complexity index is 527. The molecule has 0 aromatic heterocycles. The Morgan fingerprint density at radius 1 is 1.09 bits per heavy atom. The average Bonchev–Trinajstić information content (AvgIpc) is 3.11. The molecule has 3 fully saturated rings. The van der Waals surface area contributed by atoms with E-state index in [9.17, 15) is 9.90 Å². The number of hydrogen-bond acceptors (Lipinski definition) is 3. The number of fused-ring (bicyclic) bond motifs is 4.